The quantitative estimate of drug-likeness (QED) is 0.179. The van der Waals surface area contributed by atoms with Crippen molar-refractivity contribution in [1.82, 2.24) is 9.13 Å². The largest absolute Gasteiger partial charge is 0.455 e. The number of para-hydroxylation sites is 4. The minimum absolute atomic E-state index is 0.885. The third-order valence-corrected chi connectivity index (χ3v) is 11.5. The Bertz CT molecular complexity index is 3480. The maximum absolute atomic E-state index is 6.84. The molecule has 0 unspecified atom stereocenters. The SMILES string of the molecule is c1ccc(-n2c3ccccc3c3cc(-c4ccc5c6ccccc6n(-c6ccc(-c7cccc8ccccc78)c7oc8ccccc8c67)c5c4)ccc32)cc1. The van der Waals surface area contributed by atoms with Crippen molar-refractivity contribution in [2.75, 3.05) is 0 Å². The number of benzene rings is 9. The molecule has 12 rings (SSSR count). The van der Waals surface area contributed by atoms with Gasteiger partial charge in [0.25, 0.3) is 0 Å². The van der Waals surface area contributed by atoms with E-state index in [9.17, 15) is 0 Å². The molecule has 9 aromatic carbocycles. The Morgan fingerprint density at radius 3 is 1.82 bits per heavy atom. The van der Waals surface area contributed by atoms with Crippen LogP contribution in [-0.2, 0) is 0 Å². The van der Waals surface area contributed by atoms with E-state index >= 15 is 0 Å². The highest BCUT2D eigenvalue weighted by atomic mass is 16.3. The van der Waals surface area contributed by atoms with E-state index in [0.29, 0.717) is 0 Å². The second kappa shape index (κ2) is 11.6. The van der Waals surface area contributed by atoms with Crippen LogP contribution in [0.5, 0.6) is 0 Å². The van der Waals surface area contributed by atoms with Crippen molar-refractivity contribution < 1.29 is 4.42 Å². The van der Waals surface area contributed by atoms with Gasteiger partial charge in [0.15, 0.2) is 0 Å². The van der Waals surface area contributed by atoms with Gasteiger partial charge in [-0.1, -0.05) is 133 Å². The third-order valence-electron chi connectivity index (χ3n) is 11.5. The zero-order valence-corrected chi connectivity index (χ0v) is 29.8. The minimum atomic E-state index is 0.885. The van der Waals surface area contributed by atoms with Crippen molar-refractivity contribution in [2.45, 2.75) is 0 Å². The molecule has 0 spiro atoms. The molecule has 0 radical (unpaired) electrons. The Balaban J connectivity index is 1.12. The monoisotopic (exact) mass is 700 g/mol. The molecule has 0 atom stereocenters. The van der Waals surface area contributed by atoms with E-state index in [0.717, 1.165) is 44.4 Å². The van der Waals surface area contributed by atoms with Crippen molar-refractivity contribution in [3.05, 3.63) is 194 Å². The van der Waals surface area contributed by atoms with Crippen LogP contribution in [-0.4, -0.2) is 9.13 Å². The van der Waals surface area contributed by atoms with Crippen LogP contribution in [0.3, 0.4) is 0 Å². The van der Waals surface area contributed by atoms with Crippen LogP contribution in [0.1, 0.15) is 0 Å². The first-order valence-electron chi connectivity index (χ1n) is 18.9. The van der Waals surface area contributed by atoms with Crippen LogP contribution in [0.15, 0.2) is 199 Å². The van der Waals surface area contributed by atoms with E-state index in [1.165, 1.54) is 65.6 Å². The van der Waals surface area contributed by atoms with Gasteiger partial charge in [0, 0.05) is 38.2 Å². The van der Waals surface area contributed by atoms with Gasteiger partial charge in [-0.25, -0.2) is 0 Å². The van der Waals surface area contributed by atoms with Crippen LogP contribution >= 0.6 is 0 Å². The maximum atomic E-state index is 6.84. The molecule has 256 valence electrons. The zero-order chi connectivity index (χ0) is 36.0. The number of furan rings is 1. The Morgan fingerprint density at radius 2 is 0.964 bits per heavy atom. The predicted octanol–water partition coefficient (Wildman–Crippen LogP) is 14.3. The highest BCUT2D eigenvalue weighted by Gasteiger charge is 2.22. The van der Waals surface area contributed by atoms with Crippen LogP contribution < -0.4 is 0 Å². The van der Waals surface area contributed by atoms with Gasteiger partial charge in [0.05, 0.1) is 33.1 Å². The van der Waals surface area contributed by atoms with Gasteiger partial charge in [-0.2, -0.15) is 0 Å². The molecule has 3 aromatic heterocycles. The number of fused-ring (bicyclic) bond motifs is 10. The Labute approximate surface area is 316 Å². The highest BCUT2D eigenvalue weighted by molar-refractivity contribution is 6.18. The van der Waals surface area contributed by atoms with Crippen molar-refractivity contribution >= 4 is 76.3 Å². The van der Waals surface area contributed by atoms with Crippen molar-refractivity contribution in [1.29, 1.82) is 0 Å². The number of hydrogen-bond donors (Lipinski definition) is 0. The van der Waals surface area contributed by atoms with Crippen molar-refractivity contribution in [3.63, 3.8) is 0 Å². The molecule has 0 saturated carbocycles. The molecule has 3 nitrogen and oxygen atoms in total. The predicted molar refractivity (Wildman–Crippen MR) is 231 cm³/mol. The van der Waals surface area contributed by atoms with Crippen molar-refractivity contribution in [2.24, 2.45) is 0 Å². The molecule has 0 bridgehead atoms. The van der Waals surface area contributed by atoms with Gasteiger partial charge >= 0.3 is 0 Å². The molecule has 12 aromatic rings. The topological polar surface area (TPSA) is 23.0 Å². The second-order valence-corrected chi connectivity index (χ2v) is 14.5. The van der Waals surface area contributed by atoms with E-state index in [1.807, 2.05) is 0 Å². The van der Waals surface area contributed by atoms with Crippen LogP contribution in [0, 0.1) is 0 Å². The molecule has 0 aliphatic heterocycles. The molecule has 3 heterocycles. The molecular weight excluding hydrogens is 669 g/mol. The first-order valence-corrected chi connectivity index (χ1v) is 18.9. The summed E-state index contributed by atoms with van der Waals surface area (Å²) in [5.74, 6) is 0. The summed E-state index contributed by atoms with van der Waals surface area (Å²) in [5.41, 5.74) is 13.4. The number of rotatable bonds is 4. The molecule has 3 heteroatoms. The summed E-state index contributed by atoms with van der Waals surface area (Å²) < 4.78 is 11.7. The van der Waals surface area contributed by atoms with E-state index < -0.39 is 0 Å². The van der Waals surface area contributed by atoms with Gasteiger partial charge in [-0.15, -0.1) is 0 Å². The highest BCUT2D eigenvalue weighted by Crippen LogP contribution is 2.44. The number of nitrogens with zero attached hydrogens (tertiary/aromatic N) is 2. The van der Waals surface area contributed by atoms with E-state index in [2.05, 4.69) is 203 Å². The lowest BCUT2D eigenvalue weighted by atomic mass is 9.96. The van der Waals surface area contributed by atoms with Gasteiger partial charge in [0.1, 0.15) is 11.2 Å². The van der Waals surface area contributed by atoms with Gasteiger partial charge < -0.3 is 13.6 Å². The number of aromatic nitrogens is 2. The summed E-state index contributed by atoms with van der Waals surface area (Å²) in [6.07, 6.45) is 0. The van der Waals surface area contributed by atoms with Crippen LogP contribution in [0.25, 0.3) is 110 Å². The van der Waals surface area contributed by atoms with E-state index in [4.69, 9.17) is 4.42 Å². The molecular formula is C52H32N2O. The Hall–Kier alpha value is -7.36. The average molecular weight is 701 g/mol. The van der Waals surface area contributed by atoms with Gasteiger partial charge in [-0.3, -0.25) is 0 Å². The fraction of sp³-hybridized carbons (Fsp3) is 0. The fourth-order valence-electron chi connectivity index (χ4n) is 9.09. The Morgan fingerprint density at radius 1 is 0.345 bits per heavy atom. The standard InChI is InChI=1S/C52H32N2O/c1-2-15-36(16-3-1)53-45-22-9-7-19-40(45)44-31-34(26-29-47(44)53)35-25-27-41-39-18-6-10-23-46(39)54(49(41)32-35)48-30-28-42(38-21-12-14-33-13-4-5-17-37(33)38)52-51(48)43-20-8-11-24-50(43)55-52/h1-32H. The first-order chi connectivity index (χ1) is 27.3. The van der Waals surface area contributed by atoms with Crippen LogP contribution in [0.4, 0.5) is 0 Å². The lowest BCUT2D eigenvalue weighted by Crippen LogP contribution is -1.96. The van der Waals surface area contributed by atoms with Crippen LogP contribution in [0.2, 0.25) is 0 Å². The summed E-state index contributed by atoms with van der Waals surface area (Å²) in [5, 5.41) is 9.59. The molecule has 0 saturated heterocycles. The molecule has 0 aliphatic carbocycles. The smallest absolute Gasteiger partial charge is 0.145 e. The molecule has 0 fully saturated rings. The first kappa shape index (κ1) is 30.1. The maximum Gasteiger partial charge on any atom is 0.145 e. The van der Waals surface area contributed by atoms with Crippen molar-refractivity contribution in [3.8, 4) is 33.6 Å². The third kappa shape index (κ3) is 4.38. The minimum Gasteiger partial charge on any atom is -0.455 e. The molecule has 0 N–H and O–H groups in total. The summed E-state index contributed by atoms with van der Waals surface area (Å²) in [4.78, 5) is 0. The molecule has 0 aliphatic rings. The molecule has 55 heavy (non-hydrogen) atoms. The Kier molecular flexibility index (Phi) is 6.34. The number of hydrogen-bond acceptors (Lipinski definition) is 1. The summed E-state index contributed by atoms with van der Waals surface area (Å²) in [6.45, 7) is 0. The molecule has 0 amide bonds. The lowest BCUT2D eigenvalue weighted by Gasteiger charge is -2.14. The van der Waals surface area contributed by atoms with E-state index in [1.54, 1.807) is 0 Å². The lowest BCUT2D eigenvalue weighted by molar-refractivity contribution is 0.670. The normalized spacial score (nSPS) is 12.0. The fourth-order valence-corrected chi connectivity index (χ4v) is 9.09. The average Bonchev–Trinajstić information content (AvgIpc) is 3.91. The summed E-state index contributed by atoms with van der Waals surface area (Å²) in [7, 11) is 0. The summed E-state index contributed by atoms with van der Waals surface area (Å²) >= 11 is 0. The zero-order valence-electron chi connectivity index (χ0n) is 29.8. The summed E-state index contributed by atoms with van der Waals surface area (Å²) in [6, 6.07) is 70.2. The van der Waals surface area contributed by atoms with Gasteiger partial charge in [-0.05, 0) is 88.1 Å². The van der Waals surface area contributed by atoms with Gasteiger partial charge in [0.2, 0.25) is 0 Å². The van der Waals surface area contributed by atoms with E-state index in [-0.39, 0.29) is 0 Å². The second-order valence-electron chi connectivity index (χ2n) is 14.5.